The Bertz CT molecular complexity index is 475. The number of thiazole rings is 1. The number of carbonyl (C=O) groups is 1. The van der Waals surface area contributed by atoms with Crippen LogP contribution in [0, 0.1) is 0 Å². The lowest BCUT2D eigenvalue weighted by atomic mass is 10.1. The Morgan fingerprint density at radius 2 is 2.50 bits per heavy atom. The number of carbonyl (C=O) groups excluding carboxylic acids is 1. The van der Waals surface area contributed by atoms with Crippen molar-refractivity contribution in [2.75, 3.05) is 25.5 Å². The van der Waals surface area contributed by atoms with Gasteiger partial charge in [-0.3, -0.25) is 4.79 Å². The molecule has 3 rings (SSSR count). The summed E-state index contributed by atoms with van der Waals surface area (Å²) in [5, 5.41) is 1.52. The molecule has 2 unspecified atom stereocenters. The Hall–Kier alpha value is -0.590. The van der Waals surface area contributed by atoms with Crippen molar-refractivity contribution in [3.63, 3.8) is 0 Å². The molecule has 0 spiro atoms. The van der Waals surface area contributed by atoms with Gasteiger partial charge in [0.15, 0.2) is 0 Å². The summed E-state index contributed by atoms with van der Waals surface area (Å²) < 4.78 is 5.54. The maximum absolute atomic E-state index is 12.7. The van der Waals surface area contributed by atoms with Crippen LogP contribution in [0.1, 0.15) is 34.4 Å². The summed E-state index contributed by atoms with van der Waals surface area (Å²) in [6, 6.07) is 0.340. The van der Waals surface area contributed by atoms with Crippen LogP contribution in [0.2, 0.25) is 0 Å². The molecule has 0 aliphatic carbocycles. The number of ether oxygens (including phenoxy) is 1. The van der Waals surface area contributed by atoms with Gasteiger partial charge in [-0.1, -0.05) is 6.92 Å². The topological polar surface area (TPSA) is 42.4 Å². The summed E-state index contributed by atoms with van der Waals surface area (Å²) in [6.45, 7) is 4.54. The van der Waals surface area contributed by atoms with E-state index in [1.807, 2.05) is 11.8 Å². The smallest absolute Gasteiger partial charge is 0.265 e. The number of nitrogens with zero attached hydrogens (tertiary/aromatic N) is 2. The van der Waals surface area contributed by atoms with E-state index in [1.54, 1.807) is 17.5 Å². The van der Waals surface area contributed by atoms with E-state index in [0.29, 0.717) is 11.3 Å². The van der Waals surface area contributed by atoms with Crippen LogP contribution in [0.5, 0.6) is 0 Å². The van der Waals surface area contributed by atoms with Crippen LogP contribution in [0.4, 0.5) is 0 Å². The molecule has 0 radical (unpaired) electrons. The van der Waals surface area contributed by atoms with Crippen LogP contribution in [-0.4, -0.2) is 52.6 Å². The third-order valence-corrected chi connectivity index (χ3v) is 6.16. The van der Waals surface area contributed by atoms with E-state index < -0.39 is 0 Å². The molecule has 2 atom stereocenters. The lowest BCUT2D eigenvalue weighted by Gasteiger charge is -2.43. The Balaban J connectivity index is 1.74. The fourth-order valence-electron chi connectivity index (χ4n) is 2.82. The average Bonchev–Trinajstić information content (AvgIpc) is 2.95. The molecule has 4 nitrogen and oxygen atoms in total. The van der Waals surface area contributed by atoms with E-state index in [0.717, 1.165) is 54.7 Å². The van der Waals surface area contributed by atoms with Crippen molar-refractivity contribution in [3.05, 3.63) is 16.1 Å². The third kappa shape index (κ3) is 2.87. The highest BCUT2D eigenvalue weighted by atomic mass is 32.2. The van der Waals surface area contributed by atoms with Crippen LogP contribution in [0.3, 0.4) is 0 Å². The van der Waals surface area contributed by atoms with Gasteiger partial charge in [0.2, 0.25) is 0 Å². The first-order valence-electron chi connectivity index (χ1n) is 7.24. The summed E-state index contributed by atoms with van der Waals surface area (Å²) >= 11 is 3.50. The fourth-order valence-corrected chi connectivity index (χ4v) is 5.09. The number of thioether (sulfide) groups is 1. The number of hydrogen-bond acceptors (Lipinski definition) is 5. The summed E-state index contributed by atoms with van der Waals surface area (Å²) in [5.41, 5.74) is 0. The van der Waals surface area contributed by atoms with E-state index in [2.05, 4.69) is 16.8 Å². The highest BCUT2D eigenvalue weighted by Gasteiger charge is 2.37. The number of aryl methyl sites for hydroxylation is 1. The molecular formula is C14H20N2O2S2. The van der Waals surface area contributed by atoms with Gasteiger partial charge in [0.25, 0.3) is 5.91 Å². The van der Waals surface area contributed by atoms with Crippen LogP contribution < -0.4 is 0 Å². The predicted molar refractivity (Wildman–Crippen MR) is 82.6 cm³/mol. The number of aromatic nitrogens is 1. The molecule has 110 valence electrons. The second-order valence-corrected chi connectivity index (χ2v) is 7.67. The van der Waals surface area contributed by atoms with E-state index in [9.17, 15) is 4.79 Å². The minimum Gasteiger partial charge on any atom is -0.380 e. The Labute approximate surface area is 127 Å². The van der Waals surface area contributed by atoms with E-state index >= 15 is 0 Å². The molecule has 2 aliphatic heterocycles. The molecule has 0 bridgehead atoms. The summed E-state index contributed by atoms with van der Waals surface area (Å²) in [6.07, 6.45) is 4.76. The number of hydrogen-bond donors (Lipinski definition) is 0. The maximum atomic E-state index is 12.7. The summed E-state index contributed by atoms with van der Waals surface area (Å²) in [7, 11) is 0. The molecule has 1 aromatic heterocycles. The minimum absolute atomic E-state index is 0.169. The van der Waals surface area contributed by atoms with E-state index in [-0.39, 0.29) is 5.91 Å². The zero-order chi connectivity index (χ0) is 13.9. The fraction of sp³-hybridized carbons (Fsp3) is 0.714. The molecule has 6 heteroatoms. The van der Waals surface area contributed by atoms with Crippen LogP contribution in [0.25, 0.3) is 0 Å². The second-order valence-electron chi connectivity index (χ2n) is 5.21. The van der Waals surface area contributed by atoms with Gasteiger partial charge in [0, 0.05) is 30.2 Å². The van der Waals surface area contributed by atoms with E-state index in [4.69, 9.17) is 4.74 Å². The molecule has 0 saturated carbocycles. The van der Waals surface area contributed by atoms with Gasteiger partial charge in [-0.25, -0.2) is 4.98 Å². The van der Waals surface area contributed by atoms with E-state index in [1.165, 1.54) is 0 Å². The zero-order valence-electron chi connectivity index (χ0n) is 11.7. The molecular weight excluding hydrogens is 292 g/mol. The zero-order valence-corrected chi connectivity index (χ0v) is 13.3. The molecule has 3 heterocycles. The van der Waals surface area contributed by atoms with Gasteiger partial charge in [0.1, 0.15) is 4.88 Å². The highest BCUT2D eigenvalue weighted by molar-refractivity contribution is 8.00. The van der Waals surface area contributed by atoms with Crippen molar-refractivity contribution in [1.29, 1.82) is 0 Å². The Morgan fingerprint density at radius 3 is 3.35 bits per heavy atom. The number of fused-ring (bicyclic) bond motifs is 1. The molecule has 1 amide bonds. The van der Waals surface area contributed by atoms with Crippen molar-refractivity contribution < 1.29 is 9.53 Å². The van der Waals surface area contributed by atoms with Gasteiger partial charge in [0.05, 0.1) is 17.8 Å². The van der Waals surface area contributed by atoms with Crippen LogP contribution in [-0.2, 0) is 11.2 Å². The first-order valence-corrected chi connectivity index (χ1v) is 9.11. The van der Waals surface area contributed by atoms with Crippen molar-refractivity contribution in [2.45, 2.75) is 37.5 Å². The SMILES string of the molecule is CCCc1ncc(C(=O)N2CCSC3COCCC32)s1. The van der Waals surface area contributed by atoms with Gasteiger partial charge >= 0.3 is 0 Å². The first-order chi connectivity index (χ1) is 9.79. The van der Waals surface area contributed by atoms with Crippen molar-refractivity contribution in [1.82, 2.24) is 9.88 Å². The van der Waals surface area contributed by atoms with Crippen LogP contribution >= 0.6 is 23.1 Å². The largest absolute Gasteiger partial charge is 0.380 e. The van der Waals surface area contributed by atoms with Gasteiger partial charge < -0.3 is 9.64 Å². The molecule has 2 saturated heterocycles. The molecule has 2 aliphatic rings. The normalized spacial score (nSPS) is 26.4. The standard InChI is InChI=1S/C14H20N2O2S2/c1-2-3-13-15-8-11(20-13)14(17)16-5-7-19-12-9-18-6-4-10(12)16/h8,10,12H,2-7,9H2,1H3. The monoisotopic (exact) mass is 312 g/mol. The molecule has 2 fully saturated rings. The Morgan fingerprint density at radius 1 is 1.60 bits per heavy atom. The van der Waals surface area contributed by atoms with Gasteiger partial charge in [-0.15, -0.1) is 11.3 Å². The molecule has 1 aromatic rings. The third-order valence-electron chi connectivity index (χ3n) is 3.82. The quantitative estimate of drug-likeness (QED) is 0.860. The second kappa shape index (κ2) is 6.45. The van der Waals surface area contributed by atoms with Crippen LogP contribution in [0.15, 0.2) is 6.20 Å². The van der Waals surface area contributed by atoms with Crippen molar-refractivity contribution >= 4 is 29.0 Å². The minimum atomic E-state index is 0.169. The van der Waals surface area contributed by atoms with Gasteiger partial charge in [-0.2, -0.15) is 11.8 Å². The Kier molecular flexibility index (Phi) is 4.63. The average molecular weight is 312 g/mol. The molecule has 20 heavy (non-hydrogen) atoms. The van der Waals surface area contributed by atoms with Gasteiger partial charge in [-0.05, 0) is 19.3 Å². The van der Waals surface area contributed by atoms with Crippen molar-refractivity contribution in [3.8, 4) is 0 Å². The molecule has 0 N–H and O–H groups in total. The van der Waals surface area contributed by atoms with Crippen molar-refractivity contribution in [2.24, 2.45) is 0 Å². The summed E-state index contributed by atoms with van der Waals surface area (Å²) in [4.78, 5) is 19.9. The maximum Gasteiger partial charge on any atom is 0.265 e. The predicted octanol–water partition coefficient (Wildman–Crippen LogP) is 2.44. The number of amides is 1. The molecule has 0 aromatic carbocycles. The highest BCUT2D eigenvalue weighted by Crippen LogP contribution is 2.31. The lowest BCUT2D eigenvalue weighted by molar-refractivity contribution is 0.0322. The number of rotatable bonds is 3. The lowest BCUT2D eigenvalue weighted by Crippen LogP contribution is -2.54. The first kappa shape index (κ1) is 14.4. The summed E-state index contributed by atoms with van der Waals surface area (Å²) in [5.74, 6) is 1.18.